The summed E-state index contributed by atoms with van der Waals surface area (Å²) in [6.45, 7) is 1.43. The van der Waals surface area contributed by atoms with Crippen molar-refractivity contribution in [1.82, 2.24) is 10.5 Å². The summed E-state index contributed by atoms with van der Waals surface area (Å²) >= 11 is 0. The zero-order valence-corrected chi connectivity index (χ0v) is 8.96. The Morgan fingerprint density at radius 2 is 2.18 bits per heavy atom. The molecular formula is C12H10F2N2O. The molecule has 0 spiro atoms. The Bertz CT molecular complexity index is 566. The molecular weight excluding hydrogens is 226 g/mol. The molecule has 5 heteroatoms. The second-order valence-electron chi connectivity index (χ2n) is 3.98. The van der Waals surface area contributed by atoms with Crippen LogP contribution >= 0.6 is 0 Å². The SMILES string of the molecule is Fc1ccc(-c2noc3c2CNCC3)c(F)c1. The third kappa shape index (κ3) is 1.72. The van der Waals surface area contributed by atoms with Gasteiger partial charge in [-0.05, 0) is 12.1 Å². The fourth-order valence-corrected chi connectivity index (χ4v) is 2.03. The molecule has 1 aromatic carbocycles. The number of hydrogen-bond acceptors (Lipinski definition) is 3. The van der Waals surface area contributed by atoms with Crippen LogP contribution in [-0.2, 0) is 13.0 Å². The maximum Gasteiger partial charge on any atom is 0.143 e. The maximum atomic E-state index is 13.6. The van der Waals surface area contributed by atoms with Crippen LogP contribution in [-0.4, -0.2) is 11.7 Å². The second-order valence-corrected chi connectivity index (χ2v) is 3.98. The number of hydrogen-bond donors (Lipinski definition) is 1. The summed E-state index contributed by atoms with van der Waals surface area (Å²) in [4.78, 5) is 0. The van der Waals surface area contributed by atoms with Crippen LogP contribution in [0.1, 0.15) is 11.3 Å². The van der Waals surface area contributed by atoms with Crippen molar-refractivity contribution >= 4 is 0 Å². The standard InChI is InChI=1S/C12H10F2N2O/c13-7-1-2-8(10(14)5-7)12-9-6-15-4-3-11(9)17-16-12/h1-2,5,15H,3-4,6H2. The summed E-state index contributed by atoms with van der Waals surface area (Å²) in [5, 5.41) is 7.05. The highest BCUT2D eigenvalue weighted by atomic mass is 19.1. The largest absolute Gasteiger partial charge is 0.360 e. The number of aromatic nitrogens is 1. The van der Waals surface area contributed by atoms with E-state index in [0.717, 1.165) is 30.4 Å². The Morgan fingerprint density at radius 3 is 3.00 bits per heavy atom. The van der Waals surface area contributed by atoms with E-state index in [1.54, 1.807) is 0 Å². The van der Waals surface area contributed by atoms with Crippen molar-refractivity contribution in [2.45, 2.75) is 13.0 Å². The van der Waals surface area contributed by atoms with E-state index in [-0.39, 0.29) is 5.56 Å². The van der Waals surface area contributed by atoms with Gasteiger partial charge in [-0.1, -0.05) is 5.16 Å². The Kier molecular flexibility index (Phi) is 2.40. The molecule has 0 atom stereocenters. The van der Waals surface area contributed by atoms with Gasteiger partial charge in [-0.25, -0.2) is 8.78 Å². The van der Waals surface area contributed by atoms with Gasteiger partial charge >= 0.3 is 0 Å². The molecule has 88 valence electrons. The fraction of sp³-hybridized carbons (Fsp3) is 0.250. The van der Waals surface area contributed by atoms with Gasteiger partial charge in [-0.2, -0.15) is 0 Å². The number of rotatable bonds is 1. The van der Waals surface area contributed by atoms with Crippen LogP contribution in [0.25, 0.3) is 11.3 Å². The van der Waals surface area contributed by atoms with E-state index >= 15 is 0 Å². The lowest BCUT2D eigenvalue weighted by atomic mass is 10.0. The lowest BCUT2D eigenvalue weighted by molar-refractivity contribution is 0.373. The molecule has 1 aromatic heterocycles. The van der Waals surface area contributed by atoms with E-state index in [0.29, 0.717) is 12.2 Å². The number of benzene rings is 1. The van der Waals surface area contributed by atoms with E-state index < -0.39 is 11.6 Å². The van der Waals surface area contributed by atoms with Crippen molar-refractivity contribution in [3.05, 3.63) is 41.2 Å². The van der Waals surface area contributed by atoms with Gasteiger partial charge in [0.1, 0.15) is 23.1 Å². The Balaban J connectivity index is 2.12. The lowest BCUT2D eigenvalue weighted by Gasteiger charge is -2.11. The van der Waals surface area contributed by atoms with Crippen LogP contribution in [0, 0.1) is 11.6 Å². The van der Waals surface area contributed by atoms with Gasteiger partial charge in [0.15, 0.2) is 0 Å². The van der Waals surface area contributed by atoms with Crippen LogP contribution in [0.3, 0.4) is 0 Å². The summed E-state index contributed by atoms with van der Waals surface area (Å²) in [6.07, 6.45) is 0.741. The van der Waals surface area contributed by atoms with Crippen molar-refractivity contribution in [3.8, 4) is 11.3 Å². The highest BCUT2D eigenvalue weighted by Gasteiger charge is 2.22. The maximum absolute atomic E-state index is 13.6. The number of fused-ring (bicyclic) bond motifs is 1. The molecule has 0 bridgehead atoms. The zero-order valence-electron chi connectivity index (χ0n) is 8.96. The minimum atomic E-state index is -0.619. The van der Waals surface area contributed by atoms with Gasteiger partial charge < -0.3 is 9.84 Å². The van der Waals surface area contributed by atoms with Crippen LogP contribution in [0.2, 0.25) is 0 Å². The Labute approximate surface area is 96.4 Å². The third-order valence-electron chi connectivity index (χ3n) is 2.89. The molecule has 2 heterocycles. The summed E-state index contributed by atoms with van der Waals surface area (Å²) < 4.78 is 31.6. The van der Waals surface area contributed by atoms with Gasteiger partial charge in [0.25, 0.3) is 0 Å². The molecule has 0 saturated carbocycles. The first-order valence-corrected chi connectivity index (χ1v) is 5.39. The zero-order chi connectivity index (χ0) is 11.8. The van der Waals surface area contributed by atoms with Gasteiger partial charge in [-0.3, -0.25) is 0 Å². The quantitative estimate of drug-likeness (QED) is 0.825. The van der Waals surface area contributed by atoms with Crippen molar-refractivity contribution in [2.24, 2.45) is 0 Å². The molecule has 0 unspecified atom stereocenters. The van der Waals surface area contributed by atoms with Gasteiger partial charge in [0, 0.05) is 36.7 Å². The van der Waals surface area contributed by atoms with E-state index in [2.05, 4.69) is 10.5 Å². The van der Waals surface area contributed by atoms with Crippen LogP contribution in [0.4, 0.5) is 8.78 Å². The molecule has 0 aliphatic carbocycles. The highest BCUT2D eigenvalue weighted by molar-refractivity contribution is 5.64. The van der Waals surface area contributed by atoms with Gasteiger partial charge in [0.2, 0.25) is 0 Å². The number of nitrogens with zero attached hydrogens (tertiary/aromatic N) is 1. The van der Waals surface area contributed by atoms with Gasteiger partial charge in [-0.15, -0.1) is 0 Å². The third-order valence-corrected chi connectivity index (χ3v) is 2.89. The van der Waals surface area contributed by atoms with Crippen molar-refractivity contribution in [2.75, 3.05) is 6.54 Å². The Morgan fingerprint density at radius 1 is 1.29 bits per heavy atom. The molecule has 1 aliphatic heterocycles. The topological polar surface area (TPSA) is 38.1 Å². The predicted molar refractivity (Wildman–Crippen MR) is 57.3 cm³/mol. The highest BCUT2D eigenvalue weighted by Crippen LogP contribution is 2.29. The van der Waals surface area contributed by atoms with Crippen molar-refractivity contribution in [3.63, 3.8) is 0 Å². The molecule has 1 N–H and O–H groups in total. The molecule has 1 aliphatic rings. The lowest BCUT2D eigenvalue weighted by Crippen LogP contribution is -2.22. The molecule has 3 rings (SSSR count). The van der Waals surface area contributed by atoms with Gasteiger partial charge in [0.05, 0.1) is 0 Å². The van der Waals surface area contributed by atoms with E-state index in [9.17, 15) is 8.78 Å². The first-order valence-electron chi connectivity index (χ1n) is 5.39. The van der Waals surface area contributed by atoms with Crippen molar-refractivity contribution in [1.29, 1.82) is 0 Å². The monoisotopic (exact) mass is 236 g/mol. The fourth-order valence-electron chi connectivity index (χ4n) is 2.03. The molecule has 0 saturated heterocycles. The van der Waals surface area contributed by atoms with Crippen LogP contribution in [0.5, 0.6) is 0 Å². The average Bonchev–Trinajstić information content (AvgIpc) is 2.73. The second kappa shape index (κ2) is 3.92. The van der Waals surface area contributed by atoms with E-state index in [1.807, 2.05) is 0 Å². The molecule has 17 heavy (non-hydrogen) atoms. The molecule has 2 aromatic rings. The molecule has 0 amide bonds. The van der Waals surface area contributed by atoms with Crippen molar-refractivity contribution < 1.29 is 13.3 Å². The van der Waals surface area contributed by atoms with Crippen LogP contribution < -0.4 is 5.32 Å². The number of halogens is 2. The molecule has 0 radical (unpaired) electrons. The molecule has 3 nitrogen and oxygen atoms in total. The Hall–Kier alpha value is -1.75. The smallest absolute Gasteiger partial charge is 0.143 e. The predicted octanol–water partition coefficient (Wildman–Crippen LogP) is 2.27. The summed E-state index contributed by atoms with van der Waals surface area (Å²) in [5.41, 5.74) is 1.60. The van der Waals surface area contributed by atoms with E-state index in [4.69, 9.17) is 4.52 Å². The summed E-state index contributed by atoms with van der Waals surface area (Å²) in [5.74, 6) is -0.434. The minimum absolute atomic E-state index is 0.278. The first kappa shape index (κ1) is 10.4. The van der Waals surface area contributed by atoms with Crippen LogP contribution in [0.15, 0.2) is 22.7 Å². The number of nitrogens with one attached hydrogen (secondary N) is 1. The summed E-state index contributed by atoms with van der Waals surface area (Å²) in [7, 11) is 0. The average molecular weight is 236 g/mol. The molecule has 0 fully saturated rings. The normalized spacial score (nSPS) is 14.7. The first-order chi connectivity index (χ1) is 8.25. The van der Waals surface area contributed by atoms with E-state index in [1.165, 1.54) is 12.1 Å². The summed E-state index contributed by atoms with van der Waals surface area (Å²) in [6, 6.07) is 3.46. The minimum Gasteiger partial charge on any atom is -0.360 e.